The maximum atomic E-state index is 11.7. The lowest BCUT2D eigenvalue weighted by molar-refractivity contribution is 0.0941. The molecule has 1 amide bonds. The Balaban J connectivity index is 2.35. The molecular weight excluding hydrogens is 238 g/mol. The molecule has 19 heavy (non-hydrogen) atoms. The van der Waals surface area contributed by atoms with Crippen molar-refractivity contribution in [2.45, 2.75) is 31.9 Å². The highest BCUT2D eigenvalue weighted by atomic mass is 16.6. The summed E-state index contributed by atoms with van der Waals surface area (Å²) in [4.78, 5) is 11.7. The Labute approximate surface area is 115 Å². The molecule has 0 spiro atoms. The molecule has 3 nitrogen and oxygen atoms in total. The summed E-state index contributed by atoms with van der Waals surface area (Å²) in [6.07, 6.45) is 5.32. The van der Waals surface area contributed by atoms with E-state index in [1.807, 2.05) is 36.4 Å². The maximum Gasteiger partial charge on any atom is 0.407 e. The first-order chi connectivity index (χ1) is 9.26. The first-order valence-electron chi connectivity index (χ1n) is 6.46. The second kappa shape index (κ2) is 8.97. The van der Waals surface area contributed by atoms with Crippen LogP contribution in [0.1, 0.15) is 24.8 Å². The number of rotatable bonds is 8. The van der Waals surface area contributed by atoms with Crippen LogP contribution in [0.25, 0.3) is 0 Å². The first-order valence-corrected chi connectivity index (χ1v) is 6.46. The normalized spacial score (nSPS) is 11.4. The number of hydrogen-bond donors (Lipinski definition) is 1. The molecular formula is C16H21NO2. The monoisotopic (exact) mass is 259 g/mol. The molecule has 0 fully saturated rings. The zero-order valence-electron chi connectivity index (χ0n) is 11.2. The summed E-state index contributed by atoms with van der Waals surface area (Å²) in [5.41, 5.74) is 1.05. The zero-order chi connectivity index (χ0) is 13.9. The van der Waals surface area contributed by atoms with Crippen LogP contribution in [0, 0.1) is 0 Å². The van der Waals surface area contributed by atoms with Gasteiger partial charge in [0, 0.05) is 13.0 Å². The highest BCUT2D eigenvalue weighted by Gasteiger charge is 2.11. The number of allylic oxidation sites excluding steroid dienone is 1. The summed E-state index contributed by atoms with van der Waals surface area (Å²) in [5.74, 6) is 0. The molecule has 1 atom stereocenters. The van der Waals surface area contributed by atoms with Crippen molar-refractivity contribution in [1.82, 2.24) is 5.32 Å². The van der Waals surface area contributed by atoms with Crippen LogP contribution in [-0.4, -0.2) is 12.2 Å². The van der Waals surface area contributed by atoms with Gasteiger partial charge in [-0.15, -0.1) is 13.2 Å². The summed E-state index contributed by atoms with van der Waals surface area (Å²) in [7, 11) is 0. The van der Waals surface area contributed by atoms with E-state index in [9.17, 15) is 4.79 Å². The number of amides is 1. The lowest BCUT2D eigenvalue weighted by Gasteiger charge is -2.16. The predicted molar refractivity (Wildman–Crippen MR) is 77.8 cm³/mol. The lowest BCUT2D eigenvalue weighted by Crippen LogP contribution is -2.28. The summed E-state index contributed by atoms with van der Waals surface area (Å²) in [6, 6.07) is 9.73. The van der Waals surface area contributed by atoms with E-state index in [0.29, 0.717) is 13.0 Å². The van der Waals surface area contributed by atoms with E-state index in [4.69, 9.17) is 4.74 Å². The summed E-state index contributed by atoms with van der Waals surface area (Å²) >= 11 is 0. The van der Waals surface area contributed by atoms with Crippen LogP contribution in [0.3, 0.4) is 0 Å². The van der Waals surface area contributed by atoms with Crippen molar-refractivity contribution < 1.29 is 9.53 Å². The van der Waals surface area contributed by atoms with E-state index in [1.54, 1.807) is 6.08 Å². The molecule has 1 aromatic rings. The van der Waals surface area contributed by atoms with E-state index >= 15 is 0 Å². The van der Waals surface area contributed by atoms with Crippen LogP contribution in [0.5, 0.6) is 0 Å². The molecule has 0 saturated carbocycles. The average Bonchev–Trinajstić information content (AvgIpc) is 2.44. The summed E-state index contributed by atoms with van der Waals surface area (Å²) < 4.78 is 5.35. The molecule has 1 unspecified atom stereocenters. The van der Waals surface area contributed by atoms with Gasteiger partial charge in [-0.25, -0.2) is 4.79 Å². The van der Waals surface area contributed by atoms with E-state index in [2.05, 4.69) is 18.5 Å². The van der Waals surface area contributed by atoms with Crippen LogP contribution < -0.4 is 5.32 Å². The average molecular weight is 259 g/mol. The molecule has 0 aliphatic heterocycles. The minimum atomic E-state index is -0.389. The van der Waals surface area contributed by atoms with Crippen molar-refractivity contribution in [3.63, 3.8) is 0 Å². The van der Waals surface area contributed by atoms with Gasteiger partial charge in [-0.05, 0) is 18.4 Å². The van der Waals surface area contributed by atoms with E-state index in [1.165, 1.54) is 0 Å². The molecule has 102 valence electrons. The molecule has 0 saturated heterocycles. The Hall–Kier alpha value is -2.03. The topological polar surface area (TPSA) is 38.3 Å². The van der Waals surface area contributed by atoms with Gasteiger partial charge in [0.25, 0.3) is 0 Å². The molecule has 1 N–H and O–H groups in total. The van der Waals surface area contributed by atoms with Gasteiger partial charge in [0.2, 0.25) is 0 Å². The minimum Gasteiger partial charge on any atom is -0.446 e. The number of hydrogen-bond acceptors (Lipinski definition) is 2. The second-order valence-electron chi connectivity index (χ2n) is 4.26. The molecule has 0 bridgehead atoms. The Morgan fingerprint density at radius 2 is 2.00 bits per heavy atom. The maximum absolute atomic E-state index is 11.7. The van der Waals surface area contributed by atoms with Crippen molar-refractivity contribution in [1.29, 1.82) is 0 Å². The number of ether oxygens (including phenoxy) is 1. The largest absolute Gasteiger partial charge is 0.446 e. The zero-order valence-corrected chi connectivity index (χ0v) is 11.2. The number of benzene rings is 1. The molecule has 1 aromatic carbocycles. The molecule has 1 rings (SSSR count). The van der Waals surface area contributed by atoms with Crippen LogP contribution in [0.15, 0.2) is 55.6 Å². The van der Waals surface area contributed by atoms with Crippen LogP contribution in [0.4, 0.5) is 4.79 Å². The van der Waals surface area contributed by atoms with Gasteiger partial charge in [-0.2, -0.15) is 0 Å². The summed E-state index contributed by atoms with van der Waals surface area (Å²) in [5, 5.41) is 2.74. The Kier molecular flexibility index (Phi) is 7.10. The van der Waals surface area contributed by atoms with Gasteiger partial charge in [-0.1, -0.05) is 42.5 Å². The Morgan fingerprint density at radius 1 is 1.26 bits per heavy atom. The fourth-order valence-corrected chi connectivity index (χ4v) is 1.68. The highest BCUT2D eigenvalue weighted by molar-refractivity contribution is 5.67. The highest BCUT2D eigenvalue weighted by Crippen LogP contribution is 2.08. The third-order valence-electron chi connectivity index (χ3n) is 2.68. The first kappa shape index (κ1) is 15.0. The Bertz CT molecular complexity index is 400. The molecule has 0 radical (unpaired) electrons. The van der Waals surface area contributed by atoms with Gasteiger partial charge >= 0.3 is 6.09 Å². The molecule has 0 heterocycles. The smallest absolute Gasteiger partial charge is 0.407 e. The molecule has 0 aliphatic rings. The predicted octanol–water partition coefficient (Wildman–Crippen LogP) is 3.82. The van der Waals surface area contributed by atoms with Crippen LogP contribution in [0.2, 0.25) is 0 Å². The number of carbonyl (C=O) groups is 1. The SMILES string of the molecule is C=CCCC(CC=C)OC(=O)NCc1ccccc1. The minimum absolute atomic E-state index is 0.133. The van der Waals surface area contributed by atoms with E-state index in [0.717, 1.165) is 18.4 Å². The standard InChI is InChI=1S/C16H21NO2/c1-3-5-12-15(9-4-2)19-16(18)17-13-14-10-7-6-8-11-14/h3-4,6-8,10-11,15H,1-2,5,9,12-13H2,(H,17,18). The Morgan fingerprint density at radius 3 is 2.63 bits per heavy atom. The van der Waals surface area contributed by atoms with Gasteiger partial charge < -0.3 is 10.1 Å². The fraction of sp³-hybridized carbons (Fsp3) is 0.312. The molecule has 0 aliphatic carbocycles. The van der Waals surface area contributed by atoms with Crippen LogP contribution >= 0.6 is 0 Å². The molecule has 3 heteroatoms. The van der Waals surface area contributed by atoms with Crippen molar-refractivity contribution in [2.24, 2.45) is 0 Å². The van der Waals surface area contributed by atoms with Gasteiger partial charge in [0.15, 0.2) is 0 Å². The van der Waals surface area contributed by atoms with Crippen molar-refractivity contribution in [3.05, 3.63) is 61.2 Å². The second-order valence-corrected chi connectivity index (χ2v) is 4.26. The number of carbonyl (C=O) groups excluding carboxylic acids is 1. The molecule has 0 aromatic heterocycles. The van der Waals surface area contributed by atoms with E-state index < -0.39 is 0 Å². The third kappa shape index (κ3) is 6.46. The van der Waals surface area contributed by atoms with Crippen molar-refractivity contribution in [3.8, 4) is 0 Å². The summed E-state index contributed by atoms with van der Waals surface area (Å²) in [6.45, 7) is 7.81. The van der Waals surface area contributed by atoms with Crippen LogP contribution in [-0.2, 0) is 11.3 Å². The van der Waals surface area contributed by atoms with E-state index in [-0.39, 0.29) is 12.2 Å². The number of alkyl carbamates (subject to hydrolysis) is 1. The van der Waals surface area contributed by atoms with Crippen molar-refractivity contribution >= 4 is 6.09 Å². The fourth-order valence-electron chi connectivity index (χ4n) is 1.68. The quantitative estimate of drug-likeness (QED) is 0.721. The van der Waals surface area contributed by atoms with Gasteiger partial charge in [0.05, 0.1) is 0 Å². The number of nitrogens with one attached hydrogen (secondary N) is 1. The van der Waals surface area contributed by atoms with Crippen molar-refractivity contribution in [2.75, 3.05) is 0 Å². The lowest BCUT2D eigenvalue weighted by atomic mass is 10.1. The van der Waals surface area contributed by atoms with Gasteiger partial charge in [-0.3, -0.25) is 0 Å². The third-order valence-corrected chi connectivity index (χ3v) is 2.68. The van der Waals surface area contributed by atoms with Gasteiger partial charge in [0.1, 0.15) is 6.10 Å².